The van der Waals surface area contributed by atoms with Crippen LogP contribution in [0, 0.1) is 0 Å². The number of primary amides is 1. The second-order valence-corrected chi connectivity index (χ2v) is 3.62. The molecule has 2 aromatic rings. The van der Waals surface area contributed by atoms with Gasteiger partial charge < -0.3 is 11.9 Å². The number of fused-ring (bicyclic) bond motifs is 1. The SMILES string of the molecule is COc1c(CC(N)=O)ccc2ccccc12.[H-].[Na+]. The number of methoxy groups -OCH3 is 1. The fraction of sp³-hybridized carbons (Fsp3) is 0.154. The maximum atomic E-state index is 10.9. The van der Waals surface area contributed by atoms with Crippen molar-refractivity contribution in [1.82, 2.24) is 0 Å². The van der Waals surface area contributed by atoms with Gasteiger partial charge in [-0.1, -0.05) is 36.4 Å². The van der Waals surface area contributed by atoms with Crippen molar-refractivity contribution in [1.29, 1.82) is 0 Å². The standard InChI is InChI=1S/C13H13NO2.Na.H/c1-16-13-10(8-12(14)15)7-6-9-4-2-3-5-11(9)13;;/h2-7H,8H2,1H3,(H2,14,15);;/q;+1;-1. The smallest absolute Gasteiger partial charge is 1.00 e. The number of benzene rings is 2. The average Bonchev–Trinajstić information content (AvgIpc) is 2.28. The third-order valence-electron chi connectivity index (χ3n) is 2.53. The number of hydrogen-bond donors (Lipinski definition) is 1. The van der Waals surface area contributed by atoms with E-state index in [1.165, 1.54) is 0 Å². The van der Waals surface area contributed by atoms with Crippen LogP contribution in [-0.4, -0.2) is 13.0 Å². The number of rotatable bonds is 3. The molecule has 0 fully saturated rings. The van der Waals surface area contributed by atoms with Crippen molar-refractivity contribution >= 4 is 16.7 Å². The summed E-state index contributed by atoms with van der Waals surface area (Å²) in [7, 11) is 1.60. The van der Waals surface area contributed by atoms with Gasteiger partial charge in [-0.25, -0.2) is 0 Å². The monoisotopic (exact) mass is 239 g/mol. The van der Waals surface area contributed by atoms with Crippen LogP contribution in [0.15, 0.2) is 36.4 Å². The second-order valence-electron chi connectivity index (χ2n) is 3.62. The van der Waals surface area contributed by atoms with Gasteiger partial charge in [0.05, 0.1) is 13.5 Å². The summed E-state index contributed by atoms with van der Waals surface area (Å²) in [6.45, 7) is 0. The van der Waals surface area contributed by atoms with Crippen molar-refractivity contribution < 1.29 is 40.5 Å². The number of hydrogen-bond acceptors (Lipinski definition) is 2. The molecule has 17 heavy (non-hydrogen) atoms. The minimum absolute atomic E-state index is 0. The fourth-order valence-corrected chi connectivity index (χ4v) is 1.86. The van der Waals surface area contributed by atoms with Crippen molar-refractivity contribution in [3.8, 4) is 5.75 Å². The first-order chi connectivity index (χ1) is 7.72. The minimum atomic E-state index is -0.353. The van der Waals surface area contributed by atoms with Crippen LogP contribution in [0.1, 0.15) is 6.99 Å². The number of amides is 1. The number of carbonyl (C=O) groups excluding carboxylic acids is 1. The van der Waals surface area contributed by atoms with E-state index in [0.717, 1.165) is 22.1 Å². The molecule has 0 spiro atoms. The van der Waals surface area contributed by atoms with E-state index >= 15 is 0 Å². The molecule has 0 aliphatic heterocycles. The van der Waals surface area contributed by atoms with E-state index in [4.69, 9.17) is 10.5 Å². The van der Waals surface area contributed by atoms with Gasteiger partial charge in [-0.2, -0.15) is 0 Å². The van der Waals surface area contributed by atoms with E-state index in [1.54, 1.807) is 7.11 Å². The van der Waals surface area contributed by atoms with Crippen LogP contribution < -0.4 is 40.0 Å². The molecule has 0 unspecified atom stereocenters. The number of ether oxygens (including phenoxy) is 1. The predicted molar refractivity (Wildman–Crippen MR) is 64.5 cm³/mol. The second kappa shape index (κ2) is 6.05. The first kappa shape index (κ1) is 14.0. The van der Waals surface area contributed by atoms with E-state index < -0.39 is 0 Å². The Morgan fingerprint density at radius 3 is 2.65 bits per heavy atom. The third-order valence-corrected chi connectivity index (χ3v) is 2.53. The van der Waals surface area contributed by atoms with E-state index in [2.05, 4.69) is 0 Å². The Morgan fingerprint density at radius 1 is 1.29 bits per heavy atom. The molecule has 2 N–H and O–H groups in total. The summed E-state index contributed by atoms with van der Waals surface area (Å²) in [4.78, 5) is 10.9. The van der Waals surface area contributed by atoms with E-state index in [-0.39, 0.29) is 43.3 Å². The van der Waals surface area contributed by atoms with Crippen LogP contribution in [0.25, 0.3) is 10.8 Å². The van der Waals surface area contributed by atoms with Crippen LogP contribution in [0.2, 0.25) is 0 Å². The zero-order chi connectivity index (χ0) is 11.5. The Hall–Kier alpha value is -1.03. The first-order valence-electron chi connectivity index (χ1n) is 5.05. The van der Waals surface area contributed by atoms with Crippen molar-refractivity contribution in [3.05, 3.63) is 42.0 Å². The molecule has 0 aliphatic carbocycles. The zero-order valence-corrected chi connectivity index (χ0v) is 12.1. The van der Waals surface area contributed by atoms with Gasteiger partial charge in [0.15, 0.2) is 0 Å². The molecular formula is C13H14NNaO2. The Bertz CT molecular complexity index is 546. The fourth-order valence-electron chi connectivity index (χ4n) is 1.86. The molecule has 0 atom stereocenters. The van der Waals surface area contributed by atoms with Gasteiger partial charge in [0, 0.05) is 10.9 Å². The predicted octanol–water partition coefficient (Wildman–Crippen LogP) is -1.01. The quantitative estimate of drug-likeness (QED) is 0.698. The van der Waals surface area contributed by atoms with Crippen molar-refractivity contribution in [3.63, 3.8) is 0 Å². The van der Waals surface area contributed by atoms with Crippen LogP contribution in [0.5, 0.6) is 5.75 Å². The normalized spacial score (nSPS) is 9.71. The third kappa shape index (κ3) is 3.00. The molecule has 84 valence electrons. The van der Waals surface area contributed by atoms with Gasteiger partial charge in [-0.3, -0.25) is 4.79 Å². The van der Waals surface area contributed by atoms with Gasteiger partial charge in [0.1, 0.15) is 5.75 Å². The summed E-state index contributed by atoms with van der Waals surface area (Å²) in [5.74, 6) is 0.380. The molecule has 0 bridgehead atoms. The topological polar surface area (TPSA) is 52.3 Å². The Balaban J connectivity index is 0.00000144. The Kier molecular flexibility index (Phi) is 5.00. The van der Waals surface area contributed by atoms with E-state index in [9.17, 15) is 4.79 Å². The van der Waals surface area contributed by atoms with Crippen LogP contribution in [0.4, 0.5) is 0 Å². The molecule has 4 heteroatoms. The average molecular weight is 239 g/mol. The Labute approximate surface area is 124 Å². The van der Waals surface area contributed by atoms with Gasteiger partial charge in [-0.15, -0.1) is 0 Å². The van der Waals surface area contributed by atoms with Crippen LogP contribution in [-0.2, 0) is 11.2 Å². The first-order valence-corrected chi connectivity index (χ1v) is 5.05. The number of nitrogens with two attached hydrogens (primary N) is 1. The zero-order valence-electron chi connectivity index (χ0n) is 11.1. The van der Waals surface area contributed by atoms with E-state index in [0.29, 0.717) is 0 Å². The molecule has 2 rings (SSSR count). The maximum absolute atomic E-state index is 10.9. The van der Waals surface area contributed by atoms with Crippen molar-refractivity contribution in [2.24, 2.45) is 5.73 Å². The molecule has 3 nitrogen and oxygen atoms in total. The summed E-state index contributed by atoms with van der Waals surface area (Å²) in [5, 5.41) is 2.09. The molecule has 0 saturated heterocycles. The van der Waals surface area contributed by atoms with Gasteiger partial charge in [0.25, 0.3) is 0 Å². The molecule has 2 aromatic carbocycles. The maximum Gasteiger partial charge on any atom is 1.00 e. The molecule has 0 saturated carbocycles. The summed E-state index contributed by atoms with van der Waals surface area (Å²) >= 11 is 0. The van der Waals surface area contributed by atoms with Gasteiger partial charge in [-0.05, 0) is 5.39 Å². The molecule has 1 amide bonds. The van der Waals surface area contributed by atoms with Crippen LogP contribution >= 0.6 is 0 Å². The van der Waals surface area contributed by atoms with E-state index in [1.807, 2.05) is 36.4 Å². The van der Waals surface area contributed by atoms with Crippen LogP contribution in [0.3, 0.4) is 0 Å². The molecule has 0 aliphatic rings. The largest absolute Gasteiger partial charge is 1.00 e. The molecule has 0 aromatic heterocycles. The van der Waals surface area contributed by atoms with Crippen molar-refractivity contribution in [2.75, 3.05) is 7.11 Å². The Morgan fingerprint density at radius 2 is 2.00 bits per heavy atom. The summed E-state index contributed by atoms with van der Waals surface area (Å²) in [5.41, 5.74) is 6.03. The molecular weight excluding hydrogens is 225 g/mol. The number of carbonyl (C=O) groups is 1. The van der Waals surface area contributed by atoms with Gasteiger partial charge in [0.2, 0.25) is 5.91 Å². The summed E-state index contributed by atoms with van der Waals surface area (Å²) in [6.07, 6.45) is 0.202. The summed E-state index contributed by atoms with van der Waals surface area (Å²) < 4.78 is 5.35. The van der Waals surface area contributed by atoms with Gasteiger partial charge >= 0.3 is 29.6 Å². The molecule has 0 radical (unpaired) electrons. The van der Waals surface area contributed by atoms with Crippen molar-refractivity contribution in [2.45, 2.75) is 6.42 Å². The molecule has 0 heterocycles. The summed E-state index contributed by atoms with van der Waals surface area (Å²) in [6, 6.07) is 11.7. The minimum Gasteiger partial charge on any atom is -1.00 e.